The zero-order valence-corrected chi connectivity index (χ0v) is 18.2. The van der Waals surface area contributed by atoms with Gasteiger partial charge in [0.25, 0.3) is 5.91 Å². The summed E-state index contributed by atoms with van der Waals surface area (Å²) >= 11 is 0.808. The summed E-state index contributed by atoms with van der Waals surface area (Å²) in [5.74, 6) is -2.29. The van der Waals surface area contributed by atoms with Gasteiger partial charge in [-0.25, -0.2) is 13.8 Å². The van der Waals surface area contributed by atoms with Gasteiger partial charge in [-0.3, -0.25) is 9.59 Å². The number of carbonyl (C=O) groups excluding carboxylic acids is 2. The van der Waals surface area contributed by atoms with Crippen molar-refractivity contribution in [2.24, 2.45) is 5.92 Å². The number of pyridine rings is 1. The van der Waals surface area contributed by atoms with Crippen LogP contribution in [0.25, 0.3) is 10.2 Å². The van der Waals surface area contributed by atoms with E-state index < -0.39 is 48.5 Å². The molecular formula is C20H22F5N3O3S. The Bertz CT molecular complexity index is 987. The van der Waals surface area contributed by atoms with Gasteiger partial charge in [-0.2, -0.15) is 13.2 Å². The molecule has 1 aliphatic heterocycles. The maximum absolute atomic E-state index is 13.7. The van der Waals surface area contributed by atoms with Crippen molar-refractivity contribution in [1.29, 1.82) is 0 Å². The lowest BCUT2D eigenvalue weighted by Crippen LogP contribution is -2.38. The predicted octanol–water partition coefficient (Wildman–Crippen LogP) is 4.48. The largest absolute Gasteiger partial charge is 0.462 e. The maximum atomic E-state index is 13.7. The molecule has 1 aliphatic rings. The average Bonchev–Trinajstić information content (AvgIpc) is 3.16. The van der Waals surface area contributed by atoms with Crippen molar-refractivity contribution in [1.82, 2.24) is 10.3 Å². The number of alkyl halides is 5. The van der Waals surface area contributed by atoms with Crippen LogP contribution in [0.5, 0.6) is 0 Å². The van der Waals surface area contributed by atoms with E-state index in [4.69, 9.17) is 4.74 Å². The number of aromatic nitrogens is 1. The van der Waals surface area contributed by atoms with Gasteiger partial charge in [-0.05, 0) is 6.07 Å². The Morgan fingerprint density at radius 3 is 2.53 bits per heavy atom. The fraction of sp³-hybridized carbons (Fsp3) is 0.550. The molecule has 0 radical (unpaired) electrons. The fourth-order valence-electron chi connectivity index (χ4n) is 3.45. The van der Waals surface area contributed by atoms with E-state index in [-0.39, 0.29) is 34.7 Å². The Labute approximate surface area is 184 Å². The van der Waals surface area contributed by atoms with E-state index in [2.05, 4.69) is 10.3 Å². The van der Waals surface area contributed by atoms with Gasteiger partial charge in [0.05, 0.1) is 27.8 Å². The second-order valence-electron chi connectivity index (χ2n) is 7.62. The second-order valence-corrected chi connectivity index (χ2v) is 8.50. The Kier molecular flexibility index (Phi) is 7.21. The first-order chi connectivity index (χ1) is 15.0. The molecule has 1 amide bonds. The van der Waals surface area contributed by atoms with Crippen molar-refractivity contribution in [2.45, 2.75) is 44.9 Å². The fourth-order valence-corrected chi connectivity index (χ4v) is 4.48. The smallest absolute Gasteiger partial charge is 0.417 e. The van der Waals surface area contributed by atoms with Gasteiger partial charge in [-0.15, -0.1) is 11.3 Å². The molecule has 0 aromatic carbocycles. The monoisotopic (exact) mass is 479 g/mol. The van der Waals surface area contributed by atoms with Crippen LogP contribution < -0.4 is 10.2 Å². The van der Waals surface area contributed by atoms with E-state index >= 15 is 0 Å². The lowest BCUT2D eigenvalue weighted by molar-refractivity contribution is -0.152. The molecule has 3 rings (SSSR count). The number of hydrogen-bond donors (Lipinski definition) is 1. The first kappa shape index (κ1) is 24.1. The maximum Gasteiger partial charge on any atom is 0.417 e. The molecule has 0 bridgehead atoms. The number of ether oxygens (including phenoxy) is 1. The third-order valence-electron chi connectivity index (χ3n) is 5.27. The van der Waals surface area contributed by atoms with Crippen molar-refractivity contribution < 1.29 is 36.3 Å². The van der Waals surface area contributed by atoms with Crippen LogP contribution in [-0.2, 0) is 15.7 Å². The number of thiophene rings is 1. The number of nitrogens with one attached hydrogen (secondary N) is 1. The SMILES string of the molecule is CNC(=O)c1csc2c(C(F)(F)F)cc(N3CCC(OC(=O)CC(C)C(F)F)CC3)nc12. The van der Waals surface area contributed by atoms with E-state index in [1.54, 1.807) is 4.90 Å². The van der Waals surface area contributed by atoms with Crippen LogP contribution in [0.4, 0.5) is 27.8 Å². The van der Waals surface area contributed by atoms with Crippen LogP contribution in [0.2, 0.25) is 0 Å². The van der Waals surface area contributed by atoms with Gasteiger partial charge in [0.1, 0.15) is 11.9 Å². The van der Waals surface area contributed by atoms with Crippen LogP contribution in [0.15, 0.2) is 11.4 Å². The average molecular weight is 479 g/mol. The molecule has 0 saturated carbocycles. The summed E-state index contributed by atoms with van der Waals surface area (Å²) in [5, 5.41) is 3.75. The molecule has 1 atom stereocenters. The summed E-state index contributed by atoms with van der Waals surface area (Å²) < 4.78 is 71.3. The number of anilines is 1. The van der Waals surface area contributed by atoms with Gasteiger partial charge in [0.2, 0.25) is 6.43 Å². The van der Waals surface area contributed by atoms with Crippen molar-refractivity contribution in [3.8, 4) is 0 Å². The molecule has 3 heterocycles. The van der Waals surface area contributed by atoms with Crippen molar-refractivity contribution >= 4 is 39.2 Å². The summed E-state index contributed by atoms with van der Waals surface area (Å²) in [4.78, 5) is 29.9. The van der Waals surface area contributed by atoms with Crippen LogP contribution in [-0.4, -0.2) is 49.5 Å². The van der Waals surface area contributed by atoms with Gasteiger partial charge in [-0.1, -0.05) is 6.92 Å². The van der Waals surface area contributed by atoms with E-state index in [1.807, 2.05) is 0 Å². The molecule has 0 aliphatic carbocycles. The molecule has 12 heteroatoms. The minimum Gasteiger partial charge on any atom is -0.462 e. The number of nitrogens with zero attached hydrogens (tertiary/aromatic N) is 2. The highest BCUT2D eigenvalue weighted by molar-refractivity contribution is 7.17. The first-order valence-corrected chi connectivity index (χ1v) is 10.8. The van der Waals surface area contributed by atoms with E-state index in [0.717, 1.165) is 17.4 Å². The van der Waals surface area contributed by atoms with Gasteiger partial charge >= 0.3 is 12.1 Å². The Balaban J connectivity index is 1.77. The summed E-state index contributed by atoms with van der Waals surface area (Å²) in [7, 11) is 1.38. The topological polar surface area (TPSA) is 71.5 Å². The quantitative estimate of drug-likeness (QED) is 0.489. The number of amides is 1. The molecule has 2 aromatic rings. The lowest BCUT2D eigenvalue weighted by atomic mass is 10.1. The third-order valence-corrected chi connectivity index (χ3v) is 6.27. The first-order valence-electron chi connectivity index (χ1n) is 9.95. The standard InChI is InChI=1S/C20H22F5N3O3S/c1-10(18(21)22)7-15(29)31-11-3-5-28(6-4-11)14-8-13(20(23,24)25)17-16(27-14)12(9-32-17)19(30)26-2/h8-11,18H,3-7H2,1-2H3,(H,26,30). The predicted molar refractivity (Wildman–Crippen MR) is 109 cm³/mol. The molecule has 6 nitrogen and oxygen atoms in total. The summed E-state index contributed by atoms with van der Waals surface area (Å²) in [6.45, 7) is 1.78. The summed E-state index contributed by atoms with van der Waals surface area (Å²) in [6, 6.07) is 0.961. The highest BCUT2D eigenvalue weighted by Crippen LogP contribution is 2.40. The van der Waals surface area contributed by atoms with E-state index in [9.17, 15) is 31.5 Å². The van der Waals surface area contributed by atoms with Crippen LogP contribution >= 0.6 is 11.3 Å². The van der Waals surface area contributed by atoms with Crippen LogP contribution in [0, 0.1) is 5.92 Å². The molecule has 1 saturated heterocycles. The summed E-state index contributed by atoms with van der Waals surface area (Å²) in [5.41, 5.74) is -0.822. The Morgan fingerprint density at radius 1 is 1.31 bits per heavy atom. The number of carbonyl (C=O) groups is 2. The number of rotatable bonds is 6. The number of fused-ring (bicyclic) bond motifs is 1. The second kappa shape index (κ2) is 9.55. The lowest BCUT2D eigenvalue weighted by Gasteiger charge is -2.33. The van der Waals surface area contributed by atoms with Crippen molar-refractivity contribution in [2.75, 3.05) is 25.0 Å². The zero-order chi connectivity index (χ0) is 23.6. The number of esters is 1. The molecule has 2 aromatic heterocycles. The highest BCUT2D eigenvalue weighted by atomic mass is 32.1. The molecule has 1 fully saturated rings. The van der Waals surface area contributed by atoms with Gasteiger partial charge in [0.15, 0.2) is 0 Å². The minimum absolute atomic E-state index is 0.0197. The van der Waals surface area contributed by atoms with Crippen LogP contribution in [0.1, 0.15) is 42.1 Å². The Morgan fingerprint density at radius 2 is 1.97 bits per heavy atom. The van der Waals surface area contributed by atoms with E-state index in [0.29, 0.717) is 12.8 Å². The van der Waals surface area contributed by atoms with Crippen molar-refractivity contribution in [3.05, 3.63) is 22.6 Å². The molecule has 176 valence electrons. The minimum atomic E-state index is -4.63. The van der Waals surface area contributed by atoms with Gasteiger partial charge < -0.3 is 15.0 Å². The Hall–Kier alpha value is -2.50. The zero-order valence-electron chi connectivity index (χ0n) is 17.3. The highest BCUT2D eigenvalue weighted by Gasteiger charge is 2.36. The molecule has 0 spiro atoms. The third kappa shape index (κ3) is 5.28. The van der Waals surface area contributed by atoms with E-state index in [1.165, 1.54) is 19.4 Å². The molecule has 1 unspecified atom stereocenters. The van der Waals surface area contributed by atoms with Gasteiger partial charge in [0, 0.05) is 44.3 Å². The summed E-state index contributed by atoms with van der Waals surface area (Å²) in [6.07, 6.45) is -7.51. The number of hydrogen-bond acceptors (Lipinski definition) is 6. The number of halogens is 5. The molecular weight excluding hydrogens is 457 g/mol. The normalized spacial score (nSPS) is 16.4. The van der Waals surface area contributed by atoms with Crippen molar-refractivity contribution in [3.63, 3.8) is 0 Å². The molecule has 32 heavy (non-hydrogen) atoms. The molecule has 1 N–H and O–H groups in total. The van der Waals surface area contributed by atoms with Crippen LogP contribution in [0.3, 0.4) is 0 Å². The number of piperidine rings is 1.